The molecule has 3 aliphatic heterocycles. The molecule has 0 aliphatic carbocycles. The van der Waals surface area contributed by atoms with Crippen LogP contribution in [0.5, 0.6) is 0 Å². The van der Waals surface area contributed by atoms with Gasteiger partial charge in [-0.25, -0.2) is 0 Å². The summed E-state index contributed by atoms with van der Waals surface area (Å²) in [7, 11) is 0. The first-order valence-electron chi connectivity index (χ1n) is 9.68. The van der Waals surface area contributed by atoms with E-state index in [0.29, 0.717) is 5.69 Å². The number of hydrogen-bond acceptors (Lipinski definition) is 5. The van der Waals surface area contributed by atoms with E-state index in [9.17, 15) is 18.3 Å². The lowest BCUT2D eigenvalue weighted by atomic mass is 9.74. The van der Waals surface area contributed by atoms with Gasteiger partial charge in [0.2, 0.25) is 0 Å². The molecule has 0 saturated carbocycles. The van der Waals surface area contributed by atoms with Crippen LogP contribution in [0.1, 0.15) is 12.5 Å². The third kappa shape index (κ3) is 3.13. The maximum absolute atomic E-state index is 13.4. The van der Waals surface area contributed by atoms with Gasteiger partial charge in [-0.1, -0.05) is 23.9 Å². The monoisotopic (exact) mass is 421 g/mol. The third-order valence-electron chi connectivity index (χ3n) is 6.04. The van der Waals surface area contributed by atoms with Crippen LogP contribution in [0.25, 0.3) is 0 Å². The molecular weight excluding hydrogens is 399 g/mol. The Bertz CT molecular complexity index is 937. The van der Waals surface area contributed by atoms with Crippen molar-refractivity contribution in [1.29, 1.82) is 0 Å². The van der Waals surface area contributed by atoms with Gasteiger partial charge in [-0.05, 0) is 37.3 Å². The van der Waals surface area contributed by atoms with E-state index in [1.165, 1.54) is 23.9 Å². The first-order chi connectivity index (χ1) is 13.8. The molecule has 0 amide bonds. The standard InChI is InChI=1S/C21H22F3N3OS/c1-13(28)19(26-11-20(12-26)9-25-10-20)27-15-4-2-3-5-17(15)29-18-7-6-14(8-16(18)27)21(22,23)24/h2-8,13,19,25,28H,9-12H2,1H3. The number of nitrogens with one attached hydrogen (secondary N) is 1. The van der Waals surface area contributed by atoms with E-state index in [0.717, 1.165) is 47.7 Å². The smallest absolute Gasteiger partial charge is 0.390 e. The second kappa shape index (κ2) is 6.63. The number of benzene rings is 2. The van der Waals surface area contributed by atoms with Crippen molar-refractivity contribution in [3.05, 3.63) is 48.0 Å². The SMILES string of the molecule is CC(O)C(N1CC2(CNC2)C1)N1c2ccccc2Sc2ccc(C(F)(F)F)cc21. The summed E-state index contributed by atoms with van der Waals surface area (Å²) in [6, 6.07) is 11.6. The quantitative estimate of drug-likeness (QED) is 0.786. The lowest BCUT2D eigenvalue weighted by Crippen LogP contribution is -2.75. The molecule has 2 fully saturated rings. The van der Waals surface area contributed by atoms with Gasteiger partial charge in [0, 0.05) is 41.4 Å². The average molecular weight is 421 g/mol. The predicted octanol–water partition coefficient (Wildman–Crippen LogP) is 3.92. The van der Waals surface area contributed by atoms with Gasteiger partial charge >= 0.3 is 6.18 Å². The molecule has 0 bridgehead atoms. The molecule has 3 aliphatic rings. The van der Waals surface area contributed by atoms with Crippen LogP contribution in [0.3, 0.4) is 0 Å². The molecule has 154 valence electrons. The highest BCUT2D eigenvalue weighted by Crippen LogP contribution is 2.52. The molecule has 2 aromatic carbocycles. The average Bonchev–Trinajstić information content (AvgIpc) is 2.60. The van der Waals surface area contributed by atoms with Gasteiger partial charge in [-0.2, -0.15) is 13.2 Å². The molecule has 2 unspecified atom stereocenters. The van der Waals surface area contributed by atoms with E-state index in [4.69, 9.17) is 0 Å². The molecule has 2 atom stereocenters. The third-order valence-corrected chi connectivity index (χ3v) is 7.17. The van der Waals surface area contributed by atoms with E-state index >= 15 is 0 Å². The number of rotatable bonds is 3. The number of halogens is 3. The molecule has 3 heterocycles. The van der Waals surface area contributed by atoms with E-state index < -0.39 is 24.0 Å². The Morgan fingerprint density at radius 2 is 1.76 bits per heavy atom. The molecule has 8 heteroatoms. The largest absolute Gasteiger partial charge is 0.416 e. The molecule has 4 nitrogen and oxygen atoms in total. The number of para-hydroxylation sites is 1. The highest BCUT2D eigenvalue weighted by Gasteiger charge is 2.52. The van der Waals surface area contributed by atoms with Gasteiger partial charge in [0.15, 0.2) is 0 Å². The lowest BCUT2D eigenvalue weighted by Gasteiger charge is -2.60. The van der Waals surface area contributed by atoms with Crippen molar-refractivity contribution in [1.82, 2.24) is 10.2 Å². The highest BCUT2D eigenvalue weighted by molar-refractivity contribution is 7.99. The van der Waals surface area contributed by atoms with E-state index in [2.05, 4.69) is 10.2 Å². The normalized spacial score (nSPS) is 22.3. The first-order valence-corrected chi connectivity index (χ1v) is 10.5. The molecule has 2 N–H and O–H groups in total. The van der Waals surface area contributed by atoms with E-state index in [1.54, 1.807) is 6.92 Å². The Balaban J connectivity index is 1.60. The fraction of sp³-hybridized carbons (Fsp3) is 0.429. The van der Waals surface area contributed by atoms with Crippen LogP contribution >= 0.6 is 11.8 Å². The summed E-state index contributed by atoms with van der Waals surface area (Å²) in [6.45, 7) is 5.28. The number of likely N-dealkylation sites (tertiary alicyclic amines) is 1. The van der Waals surface area contributed by atoms with Crippen LogP contribution in [-0.4, -0.2) is 48.5 Å². The van der Waals surface area contributed by atoms with Crippen molar-refractivity contribution in [2.45, 2.75) is 35.2 Å². The van der Waals surface area contributed by atoms with Crippen LogP contribution in [0.15, 0.2) is 52.3 Å². The number of nitrogens with zero attached hydrogens (tertiary/aromatic N) is 2. The summed E-state index contributed by atoms with van der Waals surface area (Å²) in [6.07, 6.45) is -5.58. The van der Waals surface area contributed by atoms with Gasteiger partial charge < -0.3 is 15.3 Å². The predicted molar refractivity (Wildman–Crippen MR) is 106 cm³/mol. The van der Waals surface area contributed by atoms with Crippen molar-refractivity contribution in [2.75, 3.05) is 31.1 Å². The van der Waals surface area contributed by atoms with Crippen LogP contribution in [-0.2, 0) is 6.18 Å². The van der Waals surface area contributed by atoms with Crippen molar-refractivity contribution < 1.29 is 18.3 Å². The molecule has 2 saturated heterocycles. The Kier molecular flexibility index (Phi) is 4.40. The van der Waals surface area contributed by atoms with Gasteiger partial charge in [-0.3, -0.25) is 4.90 Å². The topological polar surface area (TPSA) is 38.7 Å². The molecule has 0 aromatic heterocycles. The zero-order valence-corrected chi connectivity index (χ0v) is 16.7. The van der Waals surface area contributed by atoms with E-state index in [-0.39, 0.29) is 5.41 Å². The summed E-state index contributed by atoms with van der Waals surface area (Å²) in [4.78, 5) is 5.83. The minimum absolute atomic E-state index is 0.244. The molecule has 2 aromatic rings. The van der Waals surface area contributed by atoms with Crippen LogP contribution in [0.2, 0.25) is 0 Å². The zero-order chi connectivity index (χ0) is 20.4. The molecule has 1 spiro atoms. The van der Waals surface area contributed by atoms with Crippen molar-refractivity contribution in [3.63, 3.8) is 0 Å². The minimum atomic E-state index is -4.42. The number of aliphatic hydroxyl groups excluding tert-OH is 1. The minimum Gasteiger partial charge on any atom is -0.390 e. The van der Waals surface area contributed by atoms with Crippen LogP contribution in [0, 0.1) is 5.41 Å². The Morgan fingerprint density at radius 3 is 2.38 bits per heavy atom. The number of fused-ring (bicyclic) bond motifs is 2. The number of hydrogen-bond donors (Lipinski definition) is 2. The van der Waals surface area contributed by atoms with E-state index in [1.807, 2.05) is 29.2 Å². The van der Waals surface area contributed by atoms with Crippen LogP contribution < -0.4 is 10.2 Å². The highest BCUT2D eigenvalue weighted by atomic mass is 32.2. The summed E-state index contributed by atoms with van der Waals surface area (Å²) >= 11 is 1.47. The van der Waals surface area contributed by atoms with Crippen molar-refractivity contribution in [3.8, 4) is 0 Å². The fourth-order valence-corrected chi connectivity index (χ4v) is 5.69. The van der Waals surface area contributed by atoms with Gasteiger partial charge in [0.25, 0.3) is 0 Å². The zero-order valence-electron chi connectivity index (χ0n) is 15.9. The summed E-state index contributed by atoms with van der Waals surface area (Å²) in [5.74, 6) is 0. The number of anilines is 2. The Labute approximate surface area is 171 Å². The maximum Gasteiger partial charge on any atom is 0.416 e. The van der Waals surface area contributed by atoms with Crippen molar-refractivity contribution >= 4 is 23.1 Å². The second-order valence-electron chi connectivity index (χ2n) is 8.28. The summed E-state index contributed by atoms with van der Waals surface area (Å²) < 4.78 is 40.3. The van der Waals surface area contributed by atoms with Gasteiger partial charge in [-0.15, -0.1) is 0 Å². The molecule has 5 rings (SSSR count). The second-order valence-corrected chi connectivity index (χ2v) is 9.37. The van der Waals surface area contributed by atoms with Gasteiger partial charge in [0.1, 0.15) is 6.17 Å². The summed E-state index contributed by atoms with van der Waals surface area (Å²) in [5, 5.41) is 14.0. The maximum atomic E-state index is 13.4. The first kappa shape index (κ1) is 19.2. The summed E-state index contributed by atoms with van der Waals surface area (Å²) in [5.41, 5.74) is 0.910. The number of alkyl halides is 3. The Morgan fingerprint density at radius 1 is 1.07 bits per heavy atom. The number of aliphatic hydroxyl groups is 1. The van der Waals surface area contributed by atoms with Crippen LogP contribution in [0.4, 0.5) is 24.5 Å². The van der Waals surface area contributed by atoms with Gasteiger partial charge in [0.05, 0.1) is 23.0 Å². The fourth-order valence-electron chi connectivity index (χ4n) is 4.63. The molecule has 29 heavy (non-hydrogen) atoms. The Hall–Kier alpha value is -1.74. The molecular formula is C21H22F3N3OS. The molecule has 0 radical (unpaired) electrons. The lowest BCUT2D eigenvalue weighted by molar-refractivity contribution is -0.137. The van der Waals surface area contributed by atoms with Crippen molar-refractivity contribution in [2.24, 2.45) is 5.41 Å².